The van der Waals surface area contributed by atoms with Gasteiger partial charge in [0.05, 0.1) is 5.75 Å². The van der Waals surface area contributed by atoms with Gasteiger partial charge in [-0.2, -0.15) is 0 Å². The number of carbonyl (C=O) groups is 1. The van der Waals surface area contributed by atoms with Crippen LogP contribution in [0.2, 0.25) is 0 Å². The summed E-state index contributed by atoms with van der Waals surface area (Å²) in [5.41, 5.74) is 2.70. The van der Waals surface area contributed by atoms with E-state index in [2.05, 4.69) is 44.2 Å². The van der Waals surface area contributed by atoms with Crippen molar-refractivity contribution in [3.63, 3.8) is 0 Å². The van der Waals surface area contributed by atoms with Crippen molar-refractivity contribution in [2.75, 3.05) is 11.1 Å². The molecule has 140 valence electrons. The first-order valence-corrected chi connectivity index (χ1v) is 10.7. The summed E-state index contributed by atoms with van der Waals surface area (Å²) in [7, 11) is 0. The van der Waals surface area contributed by atoms with Crippen LogP contribution in [0.5, 0.6) is 0 Å². The van der Waals surface area contributed by atoms with Crippen molar-refractivity contribution in [2.24, 2.45) is 0 Å². The summed E-state index contributed by atoms with van der Waals surface area (Å²) in [4.78, 5) is 12.2. The van der Waals surface area contributed by atoms with Gasteiger partial charge in [-0.1, -0.05) is 42.1 Å². The number of anilines is 1. The van der Waals surface area contributed by atoms with Gasteiger partial charge in [-0.05, 0) is 76.2 Å². The van der Waals surface area contributed by atoms with E-state index in [4.69, 9.17) is 4.42 Å². The molecule has 5 nitrogen and oxygen atoms in total. The van der Waals surface area contributed by atoms with Gasteiger partial charge in [-0.25, -0.2) is 0 Å². The topological polar surface area (TPSA) is 68.0 Å². The fourth-order valence-corrected chi connectivity index (χ4v) is 4.00. The number of hydrogen-bond acceptors (Lipinski definition) is 5. The van der Waals surface area contributed by atoms with E-state index in [9.17, 15) is 4.79 Å². The summed E-state index contributed by atoms with van der Waals surface area (Å²) < 4.78 is 6.85. The van der Waals surface area contributed by atoms with Gasteiger partial charge in [0.1, 0.15) is 0 Å². The Morgan fingerprint density at radius 3 is 2.71 bits per heavy atom. The summed E-state index contributed by atoms with van der Waals surface area (Å²) in [5, 5.41) is 13.7. The molecule has 0 spiro atoms. The van der Waals surface area contributed by atoms with E-state index >= 15 is 0 Å². The molecule has 4 rings (SSSR count). The molecule has 4 aromatic rings. The zero-order valence-electron chi connectivity index (χ0n) is 15.0. The molecule has 28 heavy (non-hydrogen) atoms. The van der Waals surface area contributed by atoms with Crippen LogP contribution >= 0.6 is 34.4 Å². The van der Waals surface area contributed by atoms with Crippen molar-refractivity contribution in [3.8, 4) is 11.5 Å². The maximum absolute atomic E-state index is 12.2. The zero-order valence-corrected chi connectivity index (χ0v) is 18.0. The van der Waals surface area contributed by atoms with Crippen molar-refractivity contribution < 1.29 is 9.21 Å². The molecular weight excluding hydrogens is 485 g/mol. The van der Waals surface area contributed by atoms with Crippen molar-refractivity contribution in [2.45, 2.75) is 12.1 Å². The zero-order chi connectivity index (χ0) is 19.5. The van der Waals surface area contributed by atoms with E-state index in [1.54, 1.807) is 0 Å². The van der Waals surface area contributed by atoms with Gasteiger partial charge < -0.3 is 9.73 Å². The molecule has 1 aromatic heterocycles. The van der Waals surface area contributed by atoms with Crippen molar-refractivity contribution in [1.29, 1.82) is 0 Å². The molecule has 0 aliphatic heterocycles. The molecule has 1 N–H and O–H groups in total. The monoisotopic (exact) mass is 501 g/mol. The van der Waals surface area contributed by atoms with Crippen LogP contribution in [0.15, 0.2) is 70.3 Å². The van der Waals surface area contributed by atoms with Crippen LogP contribution in [-0.2, 0) is 4.79 Å². The Morgan fingerprint density at radius 2 is 1.89 bits per heavy atom. The summed E-state index contributed by atoms with van der Waals surface area (Å²) in [6.07, 6.45) is 0. The standard InChI is InChI=1S/C21H16IN3O2S/c1-13-10-17(22)8-9-18(13)23-19(26)12-28-21-25-24-20(27-21)16-7-6-14-4-2-3-5-15(14)11-16/h2-11H,12H2,1H3,(H,23,26). The van der Waals surface area contributed by atoms with E-state index in [0.717, 1.165) is 31.2 Å². The van der Waals surface area contributed by atoms with E-state index in [1.807, 2.05) is 61.5 Å². The average molecular weight is 501 g/mol. The molecule has 0 aliphatic rings. The van der Waals surface area contributed by atoms with Crippen LogP contribution in [0.1, 0.15) is 5.56 Å². The Balaban J connectivity index is 1.40. The van der Waals surface area contributed by atoms with Gasteiger partial charge in [0, 0.05) is 14.8 Å². The highest BCUT2D eigenvalue weighted by Gasteiger charge is 2.12. The number of nitrogens with one attached hydrogen (secondary N) is 1. The Kier molecular flexibility index (Phi) is 5.63. The second-order valence-corrected chi connectivity index (χ2v) is 8.40. The SMILES string of the molecule is Cc1cc(I)ccc1NC(=O)CSc1nnc(-c2ccc3ccccc3c2)o1. The maximum Gasteiger partial charge on any atom is 0.277 e. The first-order valence-electron chi connectivity index (χ1n) is 8.60. The summed E-state index contributed by atoms with van der Waals surface area (Å²) in [5.74, 6) is 0.534. The minimum Gasteiger partial charge on any atom is -0.411 e. The molecule has 0 fully saturated rings. The second kappa shape index (κ2) is 8.32. The first-order chi connectivity index (χ1) is 13.6. The van der Waals surface area contributed by atoms with Crippen LogP contribution < -0.4 is 5.32 Å². The molecular formula is C21H16IN3O2S. The van der Waals surface area contributed by atoms with Crippen LogP contribution in [0.3, 0.4) is 0 Å². The van der Waals surface area contributed by atoms with Gasteiger partial charge >= 0.3 is 0 Å². The van der Waals surface area contributed by atoms with Gasteiger partial charge in [0.2, 0.25) is 11.8 Å². The van der Waals surface area contributed by atoms with E-state index in [1.165, 1.54) is 11.8 Å². The largest absolute Gasteiger partial charge is 0.411 e. The number of hydrogen-bond donors (Lipinski definition) is 1. The summed E-state index contributed by atoms with van der Waals surface area (Å²) in [6, 6.07) is 20.0. The molecule has 0 atom stereocenters. The summed E-state index contributed by atoms with van der Waals surface area (Å²) >= 11 is 3.47. The Labute approximate surface area is 180 Å². The van der Waals surface area contributed by atoms with Crippen LogP contribution in [0, 0.1) is 10.5 Å². The van der Waals surface area contributed by atoms with Crippen LogP contribution in [-0.4, -0.2) is 21.9 Å². The Hall–Kier alpha value is -2.39. The number of halogens is 1. The molecule has 1 heterocycles. The Bertz CT molecular complexity index is 1160. The van der Waals surface area contributed by atoms with Crippen molar-refractivity contribution >= 4 is 56.7 Å². The molecule has 1 amide bonds. The molecule has 0 unspecified atom stereocenters. The quantitative estimate of drug-likeness (QED) is 0.288. The average Bonchev–Trinajstić information content (AvgIpc) is 3.17. The normalized spacial score (nSPS) is 10.9. The first kappa shape index (κ1) is 18.9. The molecule has 0 bridgehead atoms. The van der Waals surface area contributed by atoms with Crippen LogP contribution in [0.25, 0.3) is 22.2 Å². The van der Waals surface area contributed by atoms with Gasteiger partial charge in [0.15, 0.2) is 0 Å². The number of benzene rings is 3. The fourth-order valence-electron chi connectivity index (χ4n) is 2.79. The number of rotatable bonds is 5. The lowest BCUT2D eigenvalue weighted by Gasteiger charge is -2.07. The smallest absolute Gasteiger partial charge is 0.277 e. The molecule has 7 heteroatoms. The predicted octanol–water partition coefficient (Wildman–Crippen LogP) is 5.53. The minimum atomic E-state index is -0.111. The van der Waals surface area contributed by atoms with E-state index in [0.29, 0.717) is 11.1 Å². The highest BCUT2D eigenvalue weighted by atomic mass is 127. The fraction of sp³-hybridized carbons (Fsp3) is 0.0952. The van der Waals surface area contributed by atoms with Gasteiger partial charge in [0.25, 0.3) is 5.22 Å². The second-order valence-electron chi connectivity index (χ2n) is 6.23. The number of nitrogens with zero attached hydrogens (tertiary/aromatic N) is 2. The van der Waals surface area contributed by atoms with Crippen molar-refractivity contribution in [3.05, 3.63) is 69.8 Å². The third-order valence-electron chi connectivity index (χ3n) is 4.19. The predicted molar refractivity (Wildman–Crippen MR) is 120 cm³/mol. The van der Waals surface area contributed by atoms with Crippen LogP contribution in [0.4, 0.5) is 5.69 Å². The number of carbonyl (C=O) groups excluding carboxylic acids is 1. The summed E-state index contributed by atoms with van der Waals surface area (Å²) in [6.45, 7) is 1.97. The lowest BCUT2D eigenvalue weighted by atomic mass is 10.1. The van der Waals surface area contributed by atoms with E-state index in [-0.39, 0.29) is 11.7 Å². The molecule has 3 aromatic carbocycles. The highest BCUT2D eigenvalue weighted by Crippen LogP contribution is 2.26. The number of aryl methyl sites for hydroxylation is 1. The van der Waals surface area contributed by atoms with Gasteiger partial charge in [-0.15, -0.1) is 10.2 Å². The number of aromatic nitrogens is 2. The van der Waals surface area contributed by atoms with E-state index < -0.39 is 0 Å². The maximum atomic E-state index is 12.2. The molecule has 0 saturated carbocycles. The molecule has 0 aliphatic carbocycles. The van der Waals surface area contributed by atoms with Gasteiger partial charge in [-0.3, -0.25) is 4.79 Å². The third kappa shape index (κ3) is 4.36. The number of amides is 1. The molecule has 0 saturated heterocycles. The minimum absolute atomic E-state index is 0.111. The third-order valence-corrected chi connectivity index (χ3v) is 5.68. The highest BCUT2D eigenvalue weighted by molar-refractivity contribution is 14.1. The molecule has 0 radical (unpaired) electrons. The number of fused-ring (bicyclic) bond motifs is 1. The van der Waals surface area contributed by atoms with Crippen molar-refractivity contribution in [1.82, 2.24) is 10.2 Å². The lowest BCUT2D eigenvalue weighted by Crippen LogP contribution is -2.14. The Morgan fingerprint density at radius 1 is 1.07 bits per heavy atom. The lowest BCUT2D eigenvalue weighted by molar-refractivity contribution is -0.113. The number of thioether (sulfide) groups is 1.